The molecule has 1 heterocycles. The fourth-order valence-electron chi connectivity index (χ4n) is 1.79. The Labute approximate surface area is 115 Å². The third-order valence-electron chi connectivity index (χ3n) is 2.71. The Kier molecular flexibility index (Phi) is 3.89. The summed E-state index contributed by atoms with van der Waals surface area (Å²) in [5.41, 5.74) is 0.182. The number of aryl methyl sites for hydroxylation is 1. The normalized spacial score (nSPS) is 11.3. The van der Waals surface area contributed by atoms with Gasteiger partial charge in [0, 0.05) is 6.42 Å². The number of furan rings is 1. The first-order chi connectivity index (χ1) is 9.43. The number of rotatable bonds is 4. The fraction of sp³-hybridized carbons (Fsp3) is 0.154. The lowest BCUT2D eigenvalue weighted by Gasteiger charge is -2.08. The summed E-state index contributed by atoms with van der Waals surface area (Å²) >= 11 is 0. The van der Waals surface area contributed by atoms with Crippen molar-refractivity contribution >= 4 is 21.8 Å². The van der Waals surface area contributed by atoms with E-state index >= 15 is 0 Å². The van der Waals surface area contributed by atoms with Crippen LogP contribution in [0.1, 0.15) is 23.0 Å². The van der Waals surface area contributed by atoms with E-state index in [1.165, 1.54) is 30.5 Å². The van der Waals surface area contributed by atoms with Crippen LogP contribution >= 0.6 is 0 Å². The molecule has 20 heavy (non-hydrogen) atoms. The van der Waals surface area contributed by atoms with Crippen molar-refractivity contribution in [2.24, 2.45) is 0 Å². The largest absolute Gasteiger partial charge is 0.469 e. The SMILES string of the molecule is CCc1occc1C(=O)Nc1ccccc1S(=O)(=O)F. The van der Waals surface area contributed by atoms with Gasteiger partial charge in [-0.15, -0.1) is 3.89 Å². The van der Waals surface area contributed by atoms with Crippen LogP contribution in [0.3, 0.4) is 0 Å². The second-order valence-electron chi connectivity index (χ2n) is 4.00. The monoisotopic (exact) mass is 297 g/mol. The van der Waals surface area contributed by atoms with E-state index in [1.807, 2.05) is 6.92 Å². The Morgan fingerprint density at radius 2 is 2.00 bits per heavy atom. The molecule has 1 aromatic heterocycles. The first-order valence-corrected chi connectivity index (χ1v) is 7.23. The molecule has 1 N–H and O–H groups in total. The lowest BCUT2D eigenvalue weighted by molar-refractivity contribution is 0.102. The number of anilines is 1. The van der Waals surface area contributed by atoms with Gasteiger partial charge in [-0.2, -0.15) is 8.42 Å². The standard InChI is InChI=1S/C13H12FNO4S/c1-2-11-9(7-8-19-11)13(16)15-10-5-3-4-6-12(10)20(14,17)18/h3-8H,2H2,1H3,(H,15,16). The Morgan fingerprint density at radius 3 is 2.65 bits per heavy atom. The van der Waals surface area contributed by atoms with Gasteiger partial charge in [0.05, 0.1) is 17.5 Å². The lowest BCUT2D eigenvalue weighted by Crippen LogP contribution is -2.14. The zero-order valence-corrected chi connectivity index (χ0v) is 11.4. The van der Waals surface area contributed by atoms with Crippen LogP contribution in [0.25, 0.3) is 0 Å². The summed E-state index contributed by atoms with van der Waals surface area (Å²) in [6.07, 6.45) is 1.88. The molecule has 0 saturated heterocycles. The highest BCUT2D eigenvalue weighted by Gasteiger charge is 2.20. The average molecular weight is 297 g/mol. The molecule has 0 spiro atoms. The predicted octanol–water partition coefficient (Wildman–Crippen LogP) is 2.75. The molecule has 5 nitrogen and oxygen atoms in total. The Balaban J connectivity index is 2.34. The molecule has 1 amide bonds. The van der Waals surface area contributed by atoms with Gasteiger partial charge in [0.15, 0.2) is 0 Å². The zero-order valence-electron chi connectivity index (χ0n) is 10.6. The molecule has 2 aromatic rings. The summed E-state index contributed by atoms with van der Waals surface area (Å²) in [6.45, 7) is 1.82. The van der Waals surface area contributed by atoms with E-state index in [0.717, 1.165) is 6.07 Å². The number of carbonyl (C=O) groups excluding carboxylic acids is 1. The molecule has 0 aliphatic rings. The van der Waals surface area contributed by atoms with Gasteiger partial charge in [0.2, 0.25) is 0 Å². The highest BCUT2D eigenvalue weighted by Crippen LogP contribution is 2.24. The minimum Gasteiger partial charge on any atom is -0.469 e. The first kappa shape index (κ1) is 14.3. The van der Waals surface area contributed by atoms with E-state index in [-0.39, 0.29) is 5.69 Å². The van der Waals surface area contributed by atoms with Crippen molar-refractivity contribution < 1.29 is 21.5 Å². The average Bonchev–Trinajstić information content (AvgIpc) is 2.86. The van der Waals surface area contributed by atoms with Crippen molar-refractivity contribution in [3.8, 4) is 0 Å². The van der Waals surface area contributed by atoms with E-state index in [9.17, 15) is 17.1 Å². The first-order valence-electron chi connectivity index (χ1n) is 5.85. The highest BCUT2D eigenvalue weighted by atomic mass is 32.3. The summed E-state index contributed by atoms with van der Waals surface area (Å²) in [7, 11) is -4.90. The molecule has 0 fully saturated rings. The minimum absolute atomic E-state index is 0.108. The van der Waals surface area contributed by atoms with Gasteiger partial charge in [-0.25, -0.2) is 0 Å². The number of hydrogen-bond donors (Lipinski definition) is 1. The van der Waals surface area contributed by atoms with Crippen LogP contribution in [0.2, 0.25) is 0 Å². The van der Waals surface area contributed by atoms with E-state index in [0.29, 0.717) is 17.7 Å². The van der Waals surface area contributed by atoms with Gasteiger partial charge < -0.3 is 9.73 Å². The summed E-state index contributed by atoms with van der Waals surface area (Å²) in [5, 5.41) is 2.38. The zero-order chi connectivity index (χ0) is 14.8. The van der Waals surface area contributed by atoms with Gasteiger partial charge in [0.1, 0.15) is 10.7 Å². The maximum Gasteiger partial charge on any atom is 0.334 e. The van der Waals surface area contributed by atoms with E-state index in [4.69, 9.17) is 4.42 Å². The number of carbonyl (C=O) groups is 1. The van der Waals surface area contributed by atoms with Crippen LogP contribution in [0.5, 0.6) is 0 Å². The fourth-order valence-corrected chi connectivity index (χ4v) is 2.41. The molecular weight excluding hydrogens is 285 g/mol. The van der Waals surface area contributed by atoms with Gasteiger partial charge in [-0.05, 0) is 18.2 Å². The minimum atomic E-state index is -4.90. The van der Waals surface area contributed by atoms with Crippen molar-refractivity contribution in [3.63, 3.8) is 0 Å². The van der Waals surface area contributed by atoms with Crippen LogP contribution in [0, 0.1) is 0 Å². The molecule has 0 aliphatic carbocycles. The summed E-state index contributed by atoms with van der Waals surface area (Å²) in [4.78, 5) is 11.5. The summed E-state index contributed by atoms with van der Waals surface area (Å²) in [5.74, 6) is -0.0743. The Hall–Kier alpha value is -2.15. The quantitative estimate of drug-likeness (QED) is 0.880. The van der Waals surface area contributed by atoms with Crippen LogP contribution in [0.4, 0.5) is 9.57 Å². The third kappa shape index (κ3) is 2.88. The number of amides is 1. The molecule has 0 saturated carbocycles. The van der Waals surface area contributed by atoms with Crippen molar-refractivity contribution in [1.29, 1.82) is 0 Å². The molecular formula is C13H12FNO4S. The van der Waals surface area contributed by atoms with Crippen molar-refractivity contribution in [2.75, 3.05) is 5.32 Å². The number of para-hydroxylation sites is 1. The van der Waals surface area contributed by atoms with Crippen LogP contribution < -0.4 is 5.32 Å². The predicted molar refractivity (Wildman–Crippen MR) is 70.8 cm³/mol. The molecule has 0 aliphatic heterocycles. The molecule has 0 atom stereocenters. The van der Waals surface area contributed by atoms with E-state index in [1.54, 1.807) is 0 Å². The molecule has 0 bridgehead atoms. The number of benzene rings is 1. The molecule has 0 unspecified atom stereocenters. The summed E-state index contributed by atoms with van der Waals surface area (Å²) in [6, 6.07) is 6.75. The Bertz CT molecular complexity index is 736. The second-order valence-corrected chi connectivity index (χ2v) is 5.31. The Morgan fingerprint density at radius 1 is 1.30 bits per heavy atom. The smallest absolute Gasteiger partial charge is 0.334 e. The third-order valence-corrected chi connectivity index (χ3v) is 3.59. The van der Waals surface area contributed by atoms with Crippen LogP contribution in [0.15, 0.2) is 45.9 Å². The highest BCUT2D eigenvalue weighted by molar-refractivity contribution is 7.86. The van der Waals surface area contributed by atoms with E-state index in [2.05, 4.69) is 5.32 Å². The maximum absolute atomic E-state index is 13.1. The number of hydrogen-bond acceptors (Lipinski definition) is 4. The van der Waals surface area contributed by atoms with Crippen molar-refractivity contribution in [2.45, 2.75) is 18.2 Å². The maximum atomic E-state index is 13.1. The van der Waals surface area contributed by atoms with Gasteiger partial charge in [0.25, 0.3) is 5.91 Å². The molecule has 1 aromatic carbocycles. The van der Waals surface area contributed by atoms with Gasteiger partial charge in [-0.3, -0.25) is 4.79 Å². The van der Waals surface area contributed by atoms with Crippen LogP contribution in [-0.4, -0.2) is 14.3 Å². The number of nitrogens with one attached hydrogen (secondary N) is 1. The molecule has 0 radical (unpaired) electrons. The number of halogens is 1. The molecule has 7 heteroatoms. The molecule has 2 rings (SSSR count). The van der Waals surface area contributed by atoms with Crippen molar-refractivity contribution in [1.82, 2.24) is 0 Å². The lowest BCUT2D eigenvalue weighted by atomic mass is 10.2. The molecule has 106 valence electrons. The van der Waals surface area contributed by atoms with Crippen molar-refractivity contribution in [3.05, 3.63) is 47.9 Å². The topological polar surface area (TPSA) is 76.4 Å². The second kappa shape index (κ2) is 5.46. The summed E-state index contributed by atoms with van der Waals surface area (Å²) < 4.78 is 40.3. The van der Waals surface area contributed by atoms with Gasteiger partial charge in [-0.1, -0.05) is 19.1 Å². The van der Waals surface area contributed by atoms with Crippen LogP contribution in [-0.2, 0) is 16.6 Å². The van der Waals surface area contributed by atoms with Gasteiger partial charge >= 0.3 is 10.2 Å². The van der Waals surface area contributed by atoms with E-state index < -0.39 is 21.0 Å².